The van der Waals surface area contributed by atoms with E-state index < -0.39 is 12.5 Å². The SMILES string of the molecule is OC(Cc1cccc(Br)c1)c1ccc(OC(F)(F)F)cc1. The fourth-order valence-electron chi connectivity index (χ4n) is 1.90. The monoisotopic (exact) mass is 360 g/mol. The van der Waals surface area contributed by atoms with Crippen LogP contribution < -0.4 is 4.74 Å². The molecule has 0 aromatic heterocycles. The van der Waals surface area contributed by atoms with Crippen LogP contribution in [0, 0.1) is 0 Å². The van der Waals surface area contributed by atoms with Gasteiger partial charge in [0.1, 0.15) is 5.75 Å². The van der Waals surface area contributed by atoms with Gasteiger partial charge in [-0.15, -0.1) is 13.2 Å². The van der Waals surface area contributed by atoms with Crippen molar-refractivity contribution in [3.63, 3.8) is 0 Å². The maximum Gasteiger partial charge on any atom is 0.573 e. The third-order valence-electron chi connectivity index (χ3n) is 2.82. The minimum absolute atomic E-state index is 0.305. The number of benzene rings is 2. The zero-order valence-corrected chi connectivity index (χ0v) is 12.4. The molecule has 1 atom stereocenters. The van der Waals surface area contributed by atoms with E-state index >= 15 is 0 Å². The van der Waals surface area contributed by atoms with Gasteiger partial charge in [0, 0.05) is 10.9 Å². The van der Waals surface area contributed by atoms with Crippen LogP contribution in [0.2, 0.25) is 0 Å². The molecule has 0 saturated heterocycles. The van der Waals surface area contributed by atoms with Crippen molar-refractivity contribution in [2.75, 3.05) is 0 Å². The Hall–Kier alpha value is -1.53. The molecule has 0 heterocycles. The molecule has 2 rings (SSSR count). The topological polar surface area (TPSA) is 29.5 Å². The predicted molar refractivity (Wildman–Crippen MR) is 75.9 cm³/mol. The summed E-state index contributed by atoms with van der Waals surface area (Å²) in [4.78, 5) is 0. The van der Waals surface area contributed by atoms with Crippen molar-refractivity contribution in [3.05, 3.63) is 64.1 Å². The largest absolute Gasteiger partial charge is 0.573 e. The first-order valence-corrected chi connectivity index (χ1v) is 6.91. The molecule has 21 heavy (non-hydrogen) atoms. The molecule has 0 aliphatic carbocycles. The van der Waals surface area contributed by atoms with E-state index in [1.54, 1.807) is 0 Å². The molecule has 0 fully saturated rings. The lowest BCUT2D eigenvalue weighted by atomic mass is 10.0. The first-order chi connectivity index (χ1) is 9.83. The van der Waals surface area contributed by atoms with Gasteiger partial charge < -0.3 is 9.84 Å². The lowest BCUT2D eigenvalue weighted by molar-refractivity contribution is -0.274. The molecule has 2 aromatic rings. The quantitative estimate of drug-likeness (QED) is 0.861. The second-order valence-electron chi connectivity index (χ2n) is 4.47. The molecule has 0 saturated carbocycles. The van der Waals surface area contributed by atoms with Gasteiger partial charge >= 0.3 is 6.36 Å². The van der Waals surface area contributed by atoms with E-state index in [0.29, 0.717) is 12.0 Å². The van der Waals surface area contributed by atoms with Crippen LogP contribution in [0.1, 0.15) is 17.2 Å². The van der Waals surface area contributed by atoms with E-state index in [1.807, 2.05) is 24.3 Å². The average Bonchev–Trinajstić information content (AvgIpc) is 2.37. The van der Waals surface area contributed by atoms with Crippen LogP contribution in [0.15, 0.2) is 53.0 Å². The van der Waals surface area contributed by atoms with Gasteiger partial charge in [-0.1, -0.05) is 40.2 Å². The first kappa shape index (κ1) is 15.9. The minimum Gasteiger partial charge on any atom is -0.406 e. The molecule has 0 aliphatic rings. The standard InChI is InChI=1S/C15H12BrF3O2/c16-12-3-1-2-10(8-12)9-14(20)11-4-6-13(7-5-11)21-15(17,18)19/h1-8,14,20H,9H2. The average molecular weight is 361 g/mol. The fourth-order valence-corrected chi connectivity index (χ4v) is 2.34. The molecule has 6 heteroatoms. The molecule has 1 N–H and O–H groups in total. The second-order valence-corrected chi connectivity index (χ2v) is 5.38. The smallest absolute Gasteiger partial charge is 0.406 e. The van der Waals surface area contributed by atoms with Crippen LogP contribution in [0.25, 0.3) is 0 Å². The Morgan fingerprint density at radius 2 is 1.76 bits per heavy atom. The molecule has 0 spiro atoms. The van der Waals surface area contributed by atoms with Crippen molar-refractivity contribution >= 4 is 15.9 Å². The zero-order valence-electron chi connectivity index (χ0n) is 10.8. The summed E-state index contributed by atoms with van der Waals surface area (Å²) in [6.07, 6.45) is -5.13. The Bertz CT molecular complexity index is 597. The highest BCUT2D eigenvalue weighted by Gasteiger charge is 2.31. The molecule has 0 aliphatic heterocycles. The van der Waals surface area contributed by atoms with Crippen LogP contribution in [0.5, 0.6) is 5.75 Å². The van der Waals surface area contributed by atoms with E-state index in [4.69, 9.17) is 0 Å². The Morgan fingerprint density at radius 1 is 1.10 bits per heavy atom. The van der Waals surface area contributed by atoms with Gasteiger partial charge in [-0.05, 0) is 35.4 Å². The Morgan fingerprint density at radius 3 is 2.33 bits per heavy atom. The van der Waals surface area contributed by atoms with Crippen molar-refractivity contribution in [1.29, 1.82) is 0 Å². The van der Waals surface area contributed by atoms with E-state index in [0.717, 1.165) is 10.0 Å². The normalized spacial score (nSPS) is 13.0. The molecule has 0 radical (unpaired) electrons. The Kier molecular flexibility index (Phi) is 4.90. The van der Waals surface area contributed by atoms with Crippen LogP contribution in [0.3, 0.4) is 0 Å². The fraction of sp³-hybridized carbons (Fsp3) is 0.200. The first-order valence-electron chi connectivity index (χ1n) is 6.12. The summed E-state index contributed by atoms with van der Waals surface area (Å²) >= 11 is 3.34. The number of aliphatic hydroxyl groups excluding tert-OH is 1. The number of rotatable bonds is 4. The predicted octanol–water partition coefficient (Wildman–Crippen LogP) is 4.62. The number of halogens is 4. The molecule has 0 bridgehead atoms. The maximum atomic E-state index is 12.0. The van der Waals surface area contributed by atoms with Gasteiger partial charge in [-0.2, -0.15) is 0 Å². The minimum atomic E-state index is -4.71. The van der Waals surface area contributed by atoms with E-state index in [9.17, 15) is 18.3 Å². The molecule has 2 nitrogen and oxygen atoms in total. The van der Waals surface area contributed by atoms with Gasteiger partial charge in [-0.25, -0.2) is 0 Å². The van der Waals surface area contributed by atoms with E-state index in [2.05, 4.69) is 20.7 Å². The van der Waals surface area contributed by atoms with Gasteiger partial charge in [0.25, 0.3) is 0 Å². The summed E-state index contributed by atoms with van der Waals surface area (Å²) in [6.45, 7) is 0. The summed E-state index contributed by atoms with van der Waals surface area (Å²) in [5.74, 6) is -0.305. The van der Waals surface area contributed by atoms with Crippen molar-refractivity contribution in [2.24, 2.45) is 0 Å². The van der Waals surface area contributed by atoms with Crippen molar-refractivity contribution < 1.29 is 23.0 Å². The van der Waals surface area contributed by atoms with Crippen molar-refractivity contribution in [3.8, 4) is 5.75 Å². The van der Waals surface area contributed by atoms with Crippen LogP contribution >= 0.6 is 15.9 Å². The highest BCUT2D eigenvalue weighted by Crippen LogP contribution is 2.26. The summed E-state index contributed by atoms with van der Waals surface area (Å²) < 4.78 is 40.8. The van der Waals surface area contributed by atoms with E-state index in [1.165, 1.54) is 24.3 Å². The lowest BCUT2D eigenvalue weighted by Crippen LogP contribution is -2.17. The number of aliphatic hydroxyl groups is 1. The molecule has 0 amide bonds. The summed E-state index contributed by atoms with van der Waals surface area (Å²) in [7, 11) is 0. The molecule has 1 unspecified atom stereocenters. The van der Waals surface area contributed by atoms with Gasteiger partial charge in [0.05, 0.1) is 6.10 Å². The van der Waals surface area contributed by atoms with Crippen LogP contribution in [-0.2, 0) is 6.42 Å². The third kappa shape index (κ3) is 5.06. The second kappa shape index (κ2) is 6.49. The van der Waals surface area contributed by atoms with Gasteiger partial charge in [0.2, 0.25) is 0 Å². The van der Waals surface area contributed by atoms with Crippen molar-refractivity contribution in [2.45, 2.75) is 18.9 Å². The van der Waals surface area contributed by atoms with E-state index in [-0.39, 0.29) is 5.75 Å². The Labute approximate surface area is 128 Å². The summed E-state index contributed by atoms with van der Waals surface area (Å²) in [6, 6.07) is 12.7. The van der Waals surface area contributed by atoms with Gasteiger partial charge in [-0.3, -0.25) is 0 Å². The molecule has 112 valence electrons. The summed E-state index contributed by atoms with van der Waals surface area (Å²) in [5.41, 5.74) is 1.46. The van der Waals surface area contributed by atoms with Crippen LogP contribution in [0.4, 0.5) is 13.2 Å². The molecular weight excluding hydrogens is 349 g/mol. The molecular formula is C15H12BrF3O2. The highest BCUT2D eigenvalue weighted by molar-refractivity contribution is 9.10. The lowest BCUT2D eigenvalue weighted by Gasteiger charge is -2.13. The van der Waals surface area contributed by atoms with Crippen molar-refractivity contribution in [1.82, 2.24) is 0 Å². The number of ether oxygens (including phenoxy) is 1. The molecule has 2 aromatic carbocycles. The maximum absolute atomic E-state index is 12.0. The highest BCUT2D eigenvalue weighted by atomic mass is 79.9. The number of alkyl halides is 3. The number of hydrogen-bond donors (Lipinski definition) is 1. The van der Waals surface area contributed by atoms with Crippen LogP contribution in [-0.4, -0.2) is 11.5 Å². The number of hydrogen-bond acceptors (Lipinski definition) is 2. The van der Waals surface area contributed by atoms with Gasteiger partial charge in [0.15, 0.2) is 0 Å². The zero-order chi connectivity index (χ0) is 15.5. The third-order valence-corrected chi connectivity index (χ3v) is 3.31. The Balaban J connectivity index is 2.04. The summed E-state index contributed by atoms with van der Waals surface area (Å²) in [5, 5.41) is 10.1.